The molecule has 1 atom stereocenters. The van der Waals surface area contributed by atoms with E-state index in [4.69, 9.17) is 4.74 Å². The maximum atomic E-state index is 11.8. The van der Waals surface area contributed by atoms with Crippen molar-refractivity contribution in [3.05, 3.63) is 23.9 Å². The molecule has 0 saturated carbocycles. The Morgan fingerprint density at radius 3 is 2.69 bits per heavy atom. The quantitative estimate of drug-likeness (QED) is 0.846. The van der Waals surface area contributed by atoms with Crippen LogP contribution in [0.3, 0.4) is 0 Å². The van der Waals surface area contributed by atoms with Gasteiger partial charge >= 0.3 is 0 Å². The highest BCUT2D eigenvalue weighted by Gasteiger charge is 2.12. The second-order valence-electron chi connectivity index (χ2n) is 4.09. The van der Waals surface area contributed by atoms with Gasteiger partial charge in [-0.15, -0.1) is 0 Å². The minimum absolute atomic E-state index is 0.0955. The van der Waals surface area contributed by atoms with E-state index in [2.05, 4.69) is 24.1 Å². The molecule has 1 aromatic heterocycles. The monoisotopic (exact) mass is 222 g/mol. The van der Waals surface area contributed by atoms with Gasteiger partial charge in [-0.05, 0) is 18.9 Å². The zero-order valence-corrected chi connectivity index (χ0v) is 10.2. The van der Waals surface area contributed by atoms with E-state index in [0.29, 0.717) is 17.4 Å². The average molecular weight is 222 g/mol. The minimum atomic E-state index is -0.0955. The molecule has 88 valence electrons. The van der Waals surface area contributed by atoms with Gasteiger partial charge < -0.3 is 10.1 Å². The van der Waals surface area contributed by atoms with E-state index in [1.165, 1.54) is 7.11 Å². The van der Waals surface area contributed by atoms with Gasteiger partial charge in [0, 0.05) is 23.9 Å². The van der Waals surface area contributed by atoms with Crippen molar-refractivity contribution in [1.82, 2.24) is 10.3 Å². The number of amides is 1. The number of carbonyl (C=O) groups excluding carboxylic acids is 1. The highest BCUT2D eigenvalue weighted by molar-refractivity contribution is 5.94. The maximum Gasteiger partial charge on any atom is 0.251 e. The lowest BCUT2D eigenvalue weighted by atomic mass is 10.1. The molecule has 0 aliphatic carbocycles. The molecule has 1 rings (SSSR count). The number of hydrogen-bond acceptors (Lipinski definition) is 3. The van der Waals surface area contributed by atoms with Gasteiger partial charge in [0.2, 0.25) is 5.88 Å². The van der Waals surface area contributed by atoms with Crippen molar-refractivity contribution in [2.24, 2.45) is 5.92 Å². The average Bonchev–Trinajstić information content (AvgIpc) is 2.28. The van der Waals surface area contributed by atoms with E-state index in [0.717, 1.165) is 0 Å². The summed E-state index contributed by atoms with van der Waals surface area (Å²) in [5.41, 5.74) is 0.569. The molecule has 1 amide bonds. The summed E-state index contributed by atoms with van der Waals surface area (Å²) in [6.07, 6.45) is 1.56. The van der Waals surface area contributed by atoms with Gasteiger partial charge in [0.25, 0.3) is 5.91 Å². The molecule has 4 heteroatoms. The van der Waals surface area contributed by atoms with Crippen LogP contribution in [0.5, 0.6) is 5.88 Å². The first kappa shape index (κ1) is 12.5. The van der Waals surface area contributed by atoms with Crippen LogP contribution >= 0.6 is 0 Å². The predicted molar refractivity (Wildman–Crippen MR) is 62.6 cm³/mol. The van der Waals surface area contributed by atoms with Gasteiger partial charge in [-0.1, -0.05) is 13.8 Å². The molecule has 0 fully saturated rings. The standard InChI is InChI=1S/C12H18N2O2/c1-8(2)9(3)14-12(15)10-5-6-13-11(7-10)16-4/h5-9H,1-4H3,(H,14,15). The summed E-state index contributed by atoms with van der Waals surface area (Å²) in [5.74, 6) is 0.763. The fraction of sp³-hybridized carbons (Fsp3) is 0.500. The van der Waals surface area contributed by atoms with Crippen molar-refractivity contribution < 1.29 is 9.53 Å². The first-order valence-corrected chi connectivity index (χ1v) is 5.35. The fourth-order valence-corrected chi connectivity index (χ4v) is 1.12. The highest BCUT2D eigenvalue weighted by Crippen LogP contribution is 2.09. The minimum Gasteiger partial charge on any atom is -0.481 e. The number of nitrogens with zero attached hydrogens (tertiary/aromatic N) is 1. The van der Waals surface area contributed by atoms with E-state index in [1.807, 2.05) is 6.92 Å². The van der Waals surface area contributed by atoms with Gasteiger partial charge in [0.15, 0.2) is 0 Å². The van der Waals surface area contributed by atoms with Crippen molar-refractivity contribution >= 4 is 5.91 Å². The third-order valence-corrected chi connectivity index (χ3v) is 2.56. The number of ether oxygens (including phenoxy) is 1. The summed E-state index contributed by atoms with van der Waals surface area (Å²) in [5, 5.41) is 2.92. The maximum absolute atomic E-state index is 11.8. The molecule has 0 aliphatic rings. The van der Waals surface area contributed by atoms with Crippen LogP contribution in [0.25, 0.3) is 0 Å². The molecule has 1 aromatic rings. The molecule has 1 heterocycles. The summed E-state index contributed by atoms with van der Waals surface area (Å²) in [6.45, 7) is 6.12. The summed E-state index contributed by atoms with van der Waals surface area (Å²) in [6, 6.07) is 3.44. The molecule has 0 bridgehead atoms. The Hall–Kier alpha value is -1.58. The molecule has 0 aromatic carbocycles. The lowest BCUT2D eigenvalue weighted by Crippen LogP contribution is -2.36. The smallest absolute Gasteiger partial charge is 0.251 e. The lowest BCUT2D eigenvalue weighted by Gasteiger charge is -2.17. The van der Waals surface area contributed by atoms with Crippen molar-refractivity contribution in [3.8, 4) is 5.88 Å². The largest absolute Gasteiger partial charge is 0.481 e. The van der Waals surface area contributed by atoms with Crippen LogP contribution in [-0.2, 0) is 0 Å². The summed E-state index contributed by atoms with van der Waals surface area (Å²) < 4.78 is 4.97. The van der Waals surface area contributed by atoms with Gasteiger partial charge in [0.1, 0.15) is 0 Å². The normalized spacial score (nSPS) is 12.3. The number of methoxy groups -OCH3 is 1. The molecule has 1 unspecified atom stereocenters. The Bertz CT molecular complexity index is 364. The van der Waals surface area contributed by atoms with E-state index in [1.54, 1.807) is 18.3 Å². The number of pyridine rings is 1. The molecular formula is C12H18N2O2. The first-order valence-electron chi connectivity index (χ1n) is 5.35. The highest BCUT2D eigenvalue weighted by atomic mass is 16.5. The van der Waals surface area contributed by atoms with Gasteiger partial charge in [0.05, 0.1) is 7.11 Å². The van der Waals surface area contributed by atoms with E-state index < -0.39 is 0 Å². The van der Waals surface area contributed by atoms with Crippen molar-refractivity contribution in [2.45, 2.75) is 26.8 Å². The predicted octanol–water partition coefficient (Wildman–Crippen LogP) is 1.86. The van der Waals surface area contributed by atoms with Crippen molar-refractivity contribution in [1.29, 1.82) is 0 Å². The number of rotatable bonds is 4. The van der Waals surface area contributed by atoms with Crippen LogP contribution in [0.1, 0.15) is 31.1 Å². The molecule has 0 radical (unpaired) electrons. The molecular weight excluding hydrogens is 204 g/mol. The van der Waals surface area contributed by atoms with E-state index in [-0.39, 0.29) is 11.9 Å². The SMILES string of the molecule is COc1cc(C(=O)NC(C)C(C)C)ccn1. The van der Waals surface area contributed by atoms with E-state index >= 15 is 0 Å². The van der Waals surface area contributed by atoms with Crippen LogP contribution in [0.4, 0.5) is 0 Å². The van der Waals surface area contributed by atoms with Crippen LogP contribution in [0.15, 0.2) is 18.3 Å². The zero-order valence-electron chi connectivity index (χ0n) is 10.2. The number of carbonyl (C=O) groups is 1. The third kappa shape index (κ3) is 3.22. The molecule has 1 N–H and O–H groups in total. The van der Waals surface area contributed by atoms with Crippen molar-refractivity contribution in [2.75, 3.05) is 7.11 Å². The Morgan fingerprint density at radius 1 is 1.44 bits per heavy atom. The lowest BCUT2D eigenvalue weighted by molar-refractivity contribution is 0.0930. The molecule has 16 heavy (non-hydrogen) atoms. The zero-order chi connectivity index (χ0) is 12.1. The van der Waals surface area contributed by atoms with Gasteiger partial charge in [-0.2, -0.15) is 0 Å². The third-order valence-electron chi connectivity index (χ3n) is 2.56. The fourth-order valence-electron chi connectivity index (χ4n) is 1.12. The number of aromatic nitrogens is 1. The summed E-state index contributed by atoms with van der Waals surface area (Å²) >= 11 is 0. The van der Waals surface area contributed by atoms with E-state index in [9.17, 15) is 4.79 Å². The van der Waals surface area contributed by atoms with Crippen molar-refractivity contribution in [3.63, 3.8) is 0 Å². The summed E-state index contributed by atoms with van der Waals surface area (Å²) in [4.78, 5) is 15.8. The van der Waals surface area contributed by atoms with Crippen LogP contribution in [0, 0.1) is 5.92 Å². The number of hydrogen-bond donors (Lipinski definition) is 1. The van der Waals surface area contributed by atoms with Crippen LogP contribution < -0.4 is 10.1 Å². The molecule has 0 saturated heterocycles. The topological polar surface area (TPSA) is 51.2 Å². The van der Waals surface area contributed by atoms with Crippen LogP contribution in [-0.4, -0.2) is 24.0 Å². The second kappa shape index (κ2) is 5.49. The Balaban J connectivity index is 2.72. The Kier molecular flexibility index (Phi) is 4.28. The van der Waals surface area contributed by atoms with Gasteiger partial charge in [-0.3, -0.25) is 4.79 Å². The Labute approximate surface area is 96.0 Å². The summed E-state index contributed by atoms with van der Waals surface area (Å²) in [7, 11) is 1.53. The Morgan fingerprint density at radius 2 is 2.12 bits per heavy atom. The molecule has 0 aliphatic heterocycles. The van der Waals surface area contributed by atoms with Gasteiger partial charge in [-0.25, -0.2) is 4.98 Å². The number of nitrogens with one attached hydrogen (secondary N) is 1. The second-order valence-corrected chi connectivity index (χ2v) is 4.09. The van der Waals surface area contributed by atoms with Crippen LogP contribution in [0.2, 0.25) is 0 Å². The molecule has 4 nitrogen and oxygen atoms in total. The molecule has 0 spiro atoms. The first-order chi connectivity index (χ1) is 7.54.